The third-order valence-electron chi connectivity index (χ3n) is 3.31. The molecule has 1 fully saturated rings. The summed E-state index contributed by atoms with van der Waals surface area (Å²) in [5, 5.41) is 12.4. The van der Waals surface area contributed by atoms with Gasteiger partial charge in [0.05, 0.1) is 18.9 Å². The average Bonchev–Trinajstić information content (AvgIpc) is 2.98. The maximum absolute atomic E-state index is 10.8. The van der Waals surface area contributed by atoms with E-state index in [4.69, 9.17) is 14.4 Å². The largest absolute Gasteiger partial charge is 0.476 e. The van der Waals surface area contributed by atoms with Crippen LogP contribution in [0.5, 0.6) is 0 Å². The van der Waals surface area contributed by atoms with Gasteiger partial charge in [-0.1, -0.05) is 5.16 Å². The molecule has 2 aromatic rings. The van der Waals surface area contributed by atoms with Crippen LogP contribution in [0.4, 0.5) is 5.69 Å². The van der Waals surface area contributed by atoms with Crippen LogP contribution < -0.4 is 4.90 Å². The third kappa shape index (κ3) is 2.93. The highest BCUT2D eigenvalue weighted by Gasteiger charge is 2.16. The Morgan fingerprint density at radius 2 is 2.05 bits per heavy atom. The van der Waals surface area contributed by atoms with Gasteiger partial charge in [0, 0.05) is 29.2 Å². The molecular weight excluding hydrogens is 340 g/mol. The summed E-state index contributed by atoms with van der Waals surface area (Å²) < 4.78 is 11.3. The molecule has 0 radical (unpaired) electrons. The Morgan fingerprint density at radius 3 is 2.67 bits per heavy atom. The lowest BCUT2D eigenvalue weighted by Crippen LogP contribution is -2.36. The van der Waals surface area contributed by atoms with Crippen LogP contribution in [0.3, 0.4) is 0 Å². The summed E-state index contributed by atoms with van der Waals surface area (Å²) >= 11 is 3.55. The number of carbonyl (C=O) groups is 1. The molecule has 1 N–H and O–H groups in total. The maximum atomic E-state index is 10.8. The van der Waals surface area contributed by atoms with Gasteiger partial charge in [-0.2, -0.15) is 0 Å². The molecule has 110 valence electrons. The summed E-state index contributed by atoms with van der Waals surface area (Å²) in [5.74, 6) is -0.671. The van der Waals surface area contributed by atoms with Gasteiger partial charge in [0.2, 0.25) is 0 Å². The fraction of sp³-hybridized carbons (Fsp3) is 0.286. The van der Waals surface area contributed by atoms with E-state index in [9.17, 15) is 4.79 Å². The van der Waals surface area contributed by atoms with Crippen LogP contribution in [0, 0.1) is 0 Å². The number of aromatic nitrogens is 1. The number of halogens is 1. The van der Waals surface area contributed by atoms with E-state index in [1.54, 1.807) is 0 Å². The van der Waals surface area contributed by atoms with Gasteiger partial charge in [-0.3, -0.25) is 0 Å². The van der Waals surface area contributed by atoms with Gasteiger partial charge in [0.15, 0.2) is 11.5 Å². The van der Waals surface area contributed by atoms with E-state index in [-0.39, 0.29) is 5.69 Å². The third-order valence-corrected chi connectivity index (χ3v) is 3.95. The van der Waals surface area contributed by atoms with Crippen LogP contribution in [0.2, 0.25) is 0 Å². The minimum absolute atomic E-state index is 0.0987. The molecule has 0 saturated carbocycles. The number of morpholine rings is 1. The summed E-state index contributed by atoms with van der Waals surface area (Å²) in [6, 6.07) is 7.19. The van der Waals surface area contributed by atoms with E-state index in [0.717, 1.165) is 42.0 Å². The van der Waals surface area contributed by atoms with E-state index >= 15 is 0 Å². The Bertz CT molecular complexity index is 665. The molecule has 0 spiro atoms. The monoisotopic (exact) mass is 352 g/mol. The number of hydrogen-bond donors (Lipinski definition) is 1. The van der Waals surface area contributed by atoms with Crippen LogP contribution in [-0.4, -0.2) is 42.5 Å². The van der Waals surface area contributed by atoms with Gasteiger partial charge < -0.3 is 19.3 Å². The van der Waals surface area contributed by atoms with Crippen LogP contribution in [0.25, 0.3) is 11.3 Å². The summed E-state index contributed by atoms with van der Waals surface area (Å²) in [6.07, 6.45) is 0. The number of ether oxygens (including phenoxy) is 1. The van der Waals surface area contributed by atoms with Crippen LogP contribution >= 0.6 is 15.9 Å². The molecule has 21 heavy (non-hydrogen) atoms. The highest BCUT2D eigenvalue weighted by Crippen LogP contribution is 2.32. The number of hydrogen-bond acceptors (Lipinski definition) is 5. The van der Waals surface area contributed by atoms with Crippen molar-refractivity contribution in [2.24, 2.45) is 0 Å². The molecule has 0 unspecified atom stereocenters. The van der Waals surface area contributed by atoms with Crippen molar-refractivity contribution in [3.63, 3.8) is 0 Å². The van der Waals surface area contributed by atoms with E-state index in [2.05, 4.69) is 26.0 Å². The molecule has 6 nitrogen and oxygen atoms in total. The van der Waals surface area contributed by atoms with Gasteiger partial charge in [0.25, 0.3) is 0 Å². The summed E-state index contributed by atoms with van der Waals surface area (Å²) in [7, 11) is 0. The van der Waals surface area contributed by atoms with Crippen LogP contribution in [-0.2, 0) is 4.74 Å². The van der Waals surface area contributed by atoms with Crippen molar-refractivity contribution < 1.29 is 19.2 Å². The first-order valence-electron chi connectivity index (χ1n) is 6.48. The lowest BCUT2D eigenvalue weighted by Gasteiger charge is -2.29. The fourth-order valence-corrected chi connectivity index (χ4v) is 2.86. The minimum atomic E-state index is -1.10. The molecule has 1 saturated heterocycles. The summed E-state index contributed by atoms with van der Waals surface area (Å²) in [6.45, 7) is 3.14. The first kappa shape index (κ1) is 14.1. The normalized spacial score (nSPS) is 15.2. The van der Waals surface area contributed by atoms with Crippen molar-refractivity contribution in [3.8, 4) is 11.3 Å². The second-order valence-electron chi connectivity index (χ2n) is 4.65. The molecule has 7 heteroatoms. The van der Waals surface area contributed by atoms with Gasteiger partial charge in [-0.05, 0) is 34.1 Å². The highest BCUT2D eigenvalue weighted by molar-refractivity contribution is 9.10. The molecule has 2 heterocycles. The number of carboxylic acid groups (broad SMARTS) is 1. The van der Waals surface area contributed by atoms with Crippen molar-refractivity contribution >= 4 is 27.6 Å². The van der Waals surface area contributed by atoms with E-state index in [0.29, 0.717) is 5.76 Å². The Balaban J connectivity index is 1.87. The van der Waals surface area contributed by atoms with Crippen molar-refractivity contribution in [1.82, 2.24) is 5.16 Å². The number of nitrogens with zero attached hydrogens (tertiary/aromatic N) is 2. The lowest BCUT2D eigenvalue weighted by molar-refractivity contribution is 0.0686. The van der Waals surface area contributed by atoms with E-state index in [1.165, 1.54) is 6.07 Å². The lowest BCUT2D eigenvalue weighted by atomic mass is 10.1. The summed E-state index contributed by atoms with van der Waals surface area (Å²) in [5.41, 5.74) is 1.76. The second kappa shape index (κ2) is 5.87. The highest BCUT2D eigenvalue weighted by atomic mass is 79.9. The average molecular weight is 353 g/mol. The zero-order valence-corrected chi connectivity index (χ0v) is 12.7. The molecule has 0 bridgehead atoms. The van der Waals surface area contributed by atoms with E-state index in [1.807, 2.05) is 18.2 Å². The SMILES string of the molecule is O=C(O)c1cc(-c2ccc(N3CCOCC3)c(Br)c2)on1. The van der Waals surface area contributed by atoms with Crippen LogP contribution in [0.1, 0.15) is 10.5 Å². The molecule has 0 aliphatic carbocycles. The van der Waals surface area contributed by atoms with Crippen molar-refractivity contribution in [3.05, 3.63) is 34.4 Å². The van der Waals surface area contributed by atoms with Gasteiger partial charge >= 0.3 is 5.97 Å². The molecule has 0 atom stereocenters. The standard InChI is InChI=1S/C14H13BrN2O4/c15-10-7-9(13-8-11(14(18)19)16-21-13)1-2-12(10)17-3-5-20-6-4-17/h1-2,7-8H,3-6H2,(H,18,19). The molecule has 3 rings (SSSR count). The van der Waals surface area contributed by atoms with Crippen molar-refractivity contribution in [2.75, 3.05) is 31.2 Å². The summed E-state index contributed by atoms with van der Waals surface area (Å²) in [4.78, 5) is 13.1. The maximum Gasteiger partial charge on any atom is 0.358 e. The number of aromatic carboxylic acids is 1. The zero-order chi connectivity index (χ0) is 14.8. The topological polar surface area (TPSA) is 75.8 Å². The first-order chi connectivity index (χ1) is 10.1. The molecule has 0 amide bonds. The van der Waals surface area contributed by atoms with Crippen molar-refractivity contribution in [1.29, 1.82) is 0 Å². The predicted octanol–water partition coefficient (Wildman–Crippen LogP) is 2.64. The zero-order valence-electron chi connectivity index (χ0n) is 11.1. The minimum Gasteiger partial charge on any atom is -0.476 e. The Hall–Kier alpha value is -1.86. The van der Waals surface area contributed by atoms with Gasteiger partial charge in [-0.15, -0.1) is 0 Å². The van der Waals surface area contributed by atoms with Crippen molar-refractivity contribution in [2.45, 2.75) is 0 Å². The molecular formula is C14H13BrN2O4. The molecule has 1 aliphatic rings. The second-order valence-corrected chi connectivity index (χ2v) is 5.50. The Labute approximate surface area is 129 Å². The predicted molar refractivity (Wildman–Crippen MR) is 79.6 cm³/mol. The number of benzene rings is 1. The smallest absolute Gasteiger partial charge is 0.358 e. The van der Waals surface area contributed by atoms with Gasteiger partial charge in [0.1, 0.15) is 0 Å². The van der Waals surface area contributed by atoms with Gasteiger partial charge in [-0.25, -0.2) is 4.79 Å². The Kier molecular flexibility index (Phi) is 3.94. The quantitative estimate of drug-likeness (QED) is 0.914. The van der Waals surface area contributed by atoms with E-state index < -0.39 is 5.97 Å². The van der Waals surface area contributed by atoms with Crippen LogP contribution in [0.15, 0.2) is 33.3 Å². The Morgan fingerprint density at radius 1 is 1.29 bits per heavy atom. The fourth-order valence-electron chi connectivity index (χ4n) is 2.23. The molecule has 1 aromatic heterocycles. The molecule has 1 aromatic carbocycles. The molecule has 1 aliphatic heterocycles. The number of rotatable bonds is 3. The number of anilines is 1. The number of carboxylic acids is 1. The first-order valence-corrected chi connectivity index (χ1v) is 7.27.